The number of carbonyl (C=O) groups excluding carboxylic acids is 2. The van der Waals surface area contributed by atoms with E-state index in [1.165, 1.54) is 12.1 Å². The van der Waals surface area contributed by atoms with Crippen molar-refractivity contribution in [3.63, 3.8) is 0 Å². The van der Waals surface area contributed by atoms with Crippen LogP contribution in [0.4, 0.5) is 10.1 Å². The maximum atomic E-state index is 12.9. The van der Waals surface area contributed by atoms with Gasteiger partial charge in [0.05, 0.1) is 5.92 Å². The first kappa shape index (κ1) is 17.4. The van der Waals surface area contributed by atoms with Crippen molar-refractivity contribution >= 4 is 29.1 Å². The van der Waals surface area contributed by atoms with Crippen LogP contribution in [0.25, 0.3) is 0 Å². The van der Waals surface area contributed by atoms with Crippen molar-refractivity contribution in [2.45, 2.75) is 12.8 Å². The van der Waals surface area contributed by atoms with E-state index in [9.17, 15) is 14.0 Å². The molecule has 0 spiro atoms. The zero-order valence-electron chi connectivity index (χ0n) is 13.5. The Kier molecular flexibility index (Phi) is 5.34. The topological polar surface area (TPSA) is 49.4 Å². The number of rotatable bonds is 5. The molecule has 1 heterocycles. The molecule has 0 radical (unpaired) electrons. The van der Waals surface area contributed by atoms with Gasteiger partial charge in [0.2, 0.25) is 11.8 Å². The van der Waals surface area contributed by atoms with Crippen molar-refractivity contribution < 1.29 is 14.0 Å². The minimum absolute atomic E-state index is 0.0293. The highest BCUT2D eigenvalue weighted by Crippen LogP contribution is 2.21. The van der Waals surface area contributed by atoms with Crippen LogP contribution in [0.5, 0.6) is 0 Å². The highest BCUT2D eigenvalue weighted by molar-refractivity contribution is 6.30. The van der Waals surface area contributed by atoms with Crippen LogP contribution >= 0.6 is 11.6 Å². The molecule has 1 aliphatic heterocycles. The number of benzene rings is 2. The molecule has 0 aromatic heterocycles. The summed E-state index contributed by atoms with van der Waals surface area (Å²) in [7, 11) is 0. The Hall–Kier alpha value is -2.40. The molecule has 1 N–H and O–H groups in total. The molecule has 1 saturated heterocycles. The molecule has 6 heteroatoms. The number of nitrogens with zero attached hydrogens (tertiary/aromatic N) is 1. The Bertz CT molecular complexity index is 762. The average Bonchev–Trinajstić information content (AvgIpc) is 2.97. The maximum Gasteiger partial charge on any atom is 0.229 e. The van der Waals surface area contributed by atoms with Gasteiger partial charge in [0.25, 0.3) is 0 Å². The summed E-state index contributed by atoms with van der Waals surface area (Å²) in [4.78, 5) is 26.2. The van der Waals surface area contributed by atoms with Crippen LogP contribution in [0.2, 0.25) is 5.02 Å². The number of nitrogens with one attached hydrogen (secondary N) is 1. The zero-order valence-corrected chi connectivity index (χ0v) is 14.3. The first-order valence-electron chi connectivity index (χ1n) is 8.10. The molecule has 1 aliphatic rings. The third-order valence-electron chi connectivity index (χ3n) is 4.28. The van der Waals surface area contributed by atoms with Crippen molar-refractivity contribution in [1.29, 1.82) is 0 Å². The molecule has 4 nitrogen and oxygen atoms in total. The van der Waals surface area contributed by atoms with Gasteiger partial charge in [-0.15, -0.1) is 0 Å². The highest BCUT2D eigenvalue weighted by Gasteiger charge is 2.33. The Morgan fingerprint density at radius 1 is 1.16 bits per heavy atom. The normalized spacial score (nSPS) is 17.0. The van der Waals surface area contributed by atoms with Crippen LogP contribution < -0.4 is 5.32 Å². The molecular formula is C19H18ClFN2O2. The summed E-state index contributed by atoms with van der Waals surface area (Å²) in [6.07, 6.45) is 0.848. The Labute approximate surface area is 150 Å². The first-order valence-corrected chi connectivity index (χ1v) is 8.48. The fourth-order valence-corrected chi connectivity index (χ4v) is 2.98. The van der Waals surface area contributed by atoms with Gasteiger partial charge in [-0.3, -0.25) is 9.59 Å². The van der Waals surface area contributed by atoms with Crippen LogP contribution in [0, 0.1) is 11.7 Å². The number of amides is 2. The number of carbonyl (C=O) groups is 2. The minimum atomic E-state index is -0.364. The predicted molar refractivity (Wildman–Crippen MR) is 94.9 cm³/mol. The van der Waals surface area contributed by atoms with Gasteiger partial charge >= 0.3 is 0 Å². The molecule has 130 valence electrons. The van der Waals surface area contributed by atoms with Gasteiger partial charge in [-0.05, 0) is 48.4 Å². The average molecular weight is 361 g/mol. The lowest BCUT2D eigenvalue weighted by atomic mass is 10.1. The van der Waals surface area contributed by atoms with E-state index >= 15 is 0 Å². The first-order chi connectivity index (χ1) is 12.0. The molecule has 3 rings (SSSR count). The van der Waals surface area contributed by atoms with Crippen molar-refractivity contribution in [3.8, 4) is 0 Å². The number of anilines is 1. The van der Waals surface area contributed by atoms with Crippen LogP contribution in [0.1, 0.15) is 12.0 Å². The van der Waals surface area contributed by atoms with Gasteiger partial charge in [0.15, 0.2) is 0 Å². The van der Waals surface area contributed by atoms with E-state index in [0.717, 1.165) is 5.56 Å². The maximum absolute atomic E-state index is 12.9. The predicted octanol–water partition coefficient (Wildman–Crippen LogP) is 3.51. The SMILES string of the molecule is O=C(Nc1ccc(Cl)cc1)C1CC(=O)N(CCc2ccc(F)cc2)C1. The molecule has 0 saturated carbocycles. The molecule has 0 bridgehead atoms. The van der Waals surface area contributed by atoms with E-state index in [1.54, 1.807) is 41.3 Å². The molecule has 2 amide bonds. The lowest BCUT2D eigenvalue weighted by molar-refractivity contribution is -0.128. The van der Waals surface area contributed by atoms with Gasteiger partial charge < -0.3 is 10.2 Å². The molecule has 0 aliphatic carbocycles. The summed E-state index contributed by atoms with van der Waals surface area (Å²) in [6.45, 7) is 0.925. The van der Waals surface area contributed by atoms with Crippen LogP contribution in [-0.4, -0.2) is 29.8 Å². The van der Waals surface area contributed by atoms with E-state index in [2.05, 4.69) is 5.32 Å². The van der Waals surface area contributed by atoms with Crippen molar-refractivity contribution in [2.24, 2.45) is 5.92 Å². The fourth-order valence-electron chi connectivity index (χ4n) is 2.86. The van der Waals surface area contributed by atoms with Crippen molar-refractivity contribution in [2.75, 3.05) is 18.4 Å². The van der Waals surface area contributed by atoms with Crippen LogP contribution in [0.3, 0.4) is 0 Å². The Balaban J connectivity index is 1.53. The molecular weight excluding hydrogens is 343 g/mol. The second-order valence-electron chi connectivity index (χ2n) is 6.11. The fraction of sp³-hybridized carbons (Fsp3) is 0.263. The zero-order chi connectivity index (χ0) is 17.8. The molecule has 25 heavy (non-hydrogen) atoms. The van der Waals surface area contributed by atoms with Gasteiger partial charge in [-0.1, -0.05) is 23.7 Å². The van der Waals surface area contributed by atoms with Crippen molar-refractivity contribution in [1.82, 2.24) is 4.90 Å². The van der Waals surface area contributed by atoms with Crippen LogP contribution in [0.15, 0.2) is 48.5 Å². The number of halogens is 2. The van der Waals surface area contributed by atoms with Gasteiger partial charge in [0.1, 0.15) is 5.82 Å². The van der Waals surface area contributed by atoms with Crippen LogP contribution in [-0.2, 0) is 16.0 Å². The largest absolute Gasteiger partial charge is 0.342 e. The monoisotopic (exact) mass is 360 g/mol. The number of hydrogen-bond donors (Lipinski definition) is 1. The number of hydrogen-bond acceptors (Lipinski definition) is 2. The third-order valence-corrected chi connectivity index (χ3v) is 4.53. The molecule has 2 aromatic rings. The summed E-state index contributed by atoms with van der Waals surface area (Å²) in [5.74, 6) is -0.838. The highest BCUT2D eigenvalue weighted by atomic mass is 35.5. The smallest absolute Gasteiger partial charge is 0.229 e. The lowest BCUT2D eigenvalue weighted by Gasteiger charge is -2.16. The van der Waals surface area contributed by atoms with Crippen molar-refractivity contribution in [3.05, 3.63) is 64.9 Å². The summed E-state index contributed by atoms with van der Waals surface area (Å²) in [5, 5.41) is 3.41. The van der Waals surface area contributed by atoms with Gasteiger partial charge in [-0.2, -0.15) is 0 Å². The quantitative estimate of drug-likeness (QED) is 0.887. The van der Waals surface area contributed by atoms with E-state index < -0.39 is 0 Å². The summed E-state index contributed by atoms with van der Waals surface area (Å²) in [5.41, 5.74) is 1.62. The second-order valence-corrected chi connectivity index (χ2v) is 6.55. The number of likely N-dealkylation sites (tertiary alicyclic amines) is 1. The van der Waals surface area contributed by atoms with Gasteiger partial charge in [-0.25, -0.2) is 4.39 Å². The second kappa shape index (κ2) is 7.66. The molecule has 1 unspecified atom stereocenters. The lowest BCUT2D eigenvalue weighted by Crippen LogP contribution is -2.30. The molecule has 1 atom stereocenters. The van der Waals surface area contributed by atoms with E-state index in [4.69, 9.17) is 11.6 Å². The minimum Gasteiger partial charge on any atom is -0.342 e. The van der Waals surface area contributed by atoms with E-state index in [0.29, 0.717) is 30.2 Å². The van der Waals surface area contributed by atoms with Gasteiger partial charge in [0, 0.05) is 30.2 Å². The van der Waals surface area contributed by atoms with E-state index in [-0.39, 0.29) is 30.0 Å². The Morgan fingerprint density at radius 3 is 2.52 bits per heavy atom. The standard InChI is InChI=1S/C19H18ClFN2O2/c20-15-3-7-17(8-4-15)22-19(25)14-11-18(24)23(12-14)10-9-13-1-5-16(21)6-2-13/h1-8,14H,9-12H2,(H,22,25). The summed E-state index contributed by atoms with van der Waals surface area (Å²) in [6, 6.07) is 13.1. The summed E-state index contributed by atoms with van der Waals surface area (Å²) >= 11 is 5.82. The third kappa shape index (κ3) is 4.57. The Morgan fingerprint density at radius 2 is 1.84 bits per heavy atom. The molecule has 1 fully saturated rings. The van der Waals surface area contributed by atoms with E-state index in [1.807, 2.05) is 0 Å². The summed E-state index contributed by atoms with van der Waals surface area (Å²) < 4.78 is 12.9. The molecule has 2 aromatic carbocycles.